The number of hydrogen-bond donors (Lipinski definition) is 0. The second-order valence-corrected chi connectivity index (χ2v) is 5.98. The van der Waals surface area contributed by atoms with E-state index in [0.29, 0.717) is 11.3 Å². The van der Waals surface area contributed by atoms with Gasteiger partial charge >= 0.3 is 5.97 Å². The highest BCUT2D eigenvalue weighted by molar-refractivity contribution is 5.91. The summed E-state index contributed by atoms with van der Waals surface area (Å²) >= 11 is 0. The molecule has 1 heterocycles. The van der Waals surface area contributed by atoms with Crippen LogP contribution in [0.4, 0.5) is 0 Å². The fourth-order valence-corrected chi connectivity index (χ4v) is 2.72. The van der Waals surface area contributed by atoms with E-state index in [1.165, 1.54) is 0 Å². The van der Waals surface area contributed by atoms with Gasteiger partial charge in [-0.2, -0.15) is 0 Å². The maximum atomic E-state index is 12.3. The molecule has 1 fully saturated rings. The zero-order valence-electron chi connectivity index (χ0n) is 13.4. The van der Waals surface area contributed by atoms with E-state index >= 15 is 0 Å². The van der Waals surface area contributed by atoms with Crippen molar-refractivity contribution in [3.05, 3.63) is 65.7 Å². The monoisotopic (exact) mass is 310 g/mol. The van der Waals surface area contributed by atoms with Gasteiger partial charge in [-0.05, 0) is 36.9 Å². The maximum absolute atomic E-state index is 12.3. The Balaban J connectivity index is 1.64. The molecular weight excluding hydrogens is 288 g/mol. The molecule has 4 nitrogen and oxygen atoms in total. The molecule has 0 aromatic heterocycles. The molecule has 0 saturated carbocycles. The molecule has 0 radical (unpaired) electrons. The van der Waals surface area contributed by atoms with Crippen LogP contribution < -0.4 is 4.74 Å². The highest BCUT2D eigenvalue weighted by Gasteiger charge is 2.15. The molecule has 23 heavy (non-hydrogen) atoms. The van der Waals surface area contributed by atoms with Crippen molar-refractivity contribution in [2.24, 2.45) is 0 Å². The average Bonchev–Trinajstić information content (AvgIpc) is 2.58. The predicted molar refractivity (Wildman–Crippen MR) is 90.6 cm³/mol. The highest BCUT2D eigenvalue weighted by Crippen LogP contribution is 2.14. The molecule has 2 aromatic rings. The summed E-state index contributed by atoms with van der Waals surface area (Å²) in [5.41, 5.74) is 1.75. The van der Waals surface area contributed by atoms with E-state index in [4.69, 9.17) is 4.74 Å². The van der Waals surface area contributed by atoms with E-state index in [2.05, 4.69) is 22.9 Å². The van der Waals surface area contributed by atoms with Crippen molar-refractivity contribution in [3.8, 4) is 5.75 Å². The van der Waals surface area contributed by atoms with E-state index in [0.717, 1.165) is 38.3 Å². The maximum Gasteiger partial charge on any atom is 0.343 e. The molecule has 0 N–H and O–H groups in total. The summed E-state index contributed by atoms with van der Waals surface area (Å²) in [6, 6.07) is 16.9. The molecule has 0 spiro atoms. The van der Waals surface area contributed by atoms with Crippen molar-refractivity contribution in [1.29, 1.82) is 0 Å². The Morgan fingerprint density at radius 3 is 2.48 bits per heavy atom. The number of carbonyl (C=O) groups excluding carboxylic acids is 1. The Hall–Kier alpha value is -2.17. The van der Waals surface area contributed by atoms with Gasteiger partial charge in [0.15, 0.2) is 0 Å². The van der Waals surface area contributed by atoms with Crippen molar-refractivity contribution in [2.45, 2.75) is 6.54 Å². The number of likely N-dealkylation sites (N-methyl/N-ethyl adjacent to an activating group) is 1. The van der Waals surface area contributed by atoms with Crippen LogP contribution in [0.2, 0.25) is 0 Å². The first-order valence-electron chi connectivity index (χ1n) is 7.98. The summed E-state index contributed by atoms with van der Waals surface area (Å²) in [5.74, 6) is 0.262. The number of nitrogens with zero attached hydrogens (tertiary/aromatic N) is 2. The lowest BCUT2D eigenvalue weighted by Crippen LogP contribution is -2.43. The number of benzene rings is 2. The van der Waals surface area contributed by atoms with E-state index < -0.39 is 0 Å². The number of carbonyl (C=O) groups is 1. The number of hydrogen-bond acceptors (Lipinski definition) is 4. The van der Waals surface area contributed by atoms with Crippen LogP contribution >= 0.6 is 0 Å². The predicted octanol–water partition coefficient (Wildman–Crippen LogP) is 2.65. The first kappa shape index (κ1) is 15.7. The Morgan fingerprint density at radius 2 is 1.74 bits per heavy atom. The summed E-state index contributed by atoms with van der Waals surface area (Å²) in [7, 11) is 2.15. The van der Waals surface area contributed by atoms with Gasteiger partial charge in [0.05, 0.1) is 5.56 Å². The topological polar surface area (TPSA) is 32.8 Å². The standard InChI is InChI=1S/C19H22N2O2/c1-20-10-12-21(13-11-20)15-16-6-5-7-17(14-16)19(22)23-18-8-3-2-4-9-18/h2-9,14H,10-13,15H2,1H3. The van der Waals surface area contributed by atoms with Gasteiger partial charge in [0, 0.05) is 32.7 Å². The van der Waals surface area contributed by atoms with Gasteiger partial charge in [-0.25, -0.2) is 4.79 Å². The highest BCUT2D eigenvalue weighted by atomic mass is 16.5. The molecule has 2 aromatic carbocycles. The van der Waals surface area contributed by atoms with Crippen LogP contribution in [0.5, 0.6) is 5.75 Å². The molecule has 0 bridgehead atoms. The molecule has 4 heteroatoms. The van der Waals surface area contributed by atoms with Gasteiger partial charge in [-0.1, -0.05) is 30.3 Å². The van der Waals surface area contributed by atoms with Crippen LogP contribution in [0.1, 0.15) is 15.9 Å². The van der Waals surface area contributed by atoms with Crippen LogP contribution in [0.3, 0.4) is 0 Å². The minimum absolute atomic E-state index is 0.309. The number of para-hydroxylation sites is 1. The Labute approximate surface area is 137 Å². The smallest absolute Gasteiger partial charge is 0.343 e. The third-order valence-electron chi connectivity index (χ3n) is 4.12. The van der Waals surface area contributed by atoms with Gasteiger partial charge < -0.3 is 9.64 Å². The minimum Gasteiger partial charge on any atom is -0.423 e. The zero-order chi connectivity index (χ0) is 16.1. The third-order valence-corrected chi connectivity index (χ3v) is 4.12. The molecule has 0 amide bonds. The number of rotatable bonds is 4. The van der Waals surface area contributed by atoms with Crippen LogP contribution in [0.15, 0.2) is 54.6 Å². The van der Waals surface area contributed by atoms with Crippen molar-refractivity contribution in [2.75, 3.05) is 33.2 Å². The summed E-state index contributed by atoms with van der Waals surface area (Å²) < 4.78 is 5.40. The molecular formula is C19H22N2O2. The SMILES string of the molecule is CN1CCN(Cc2cccc(C(=O)Oc3ccccc3)c2)CC1. The zero-order valence-corrected chi connectivity index (χ0v) is 13.4. The summed E-state index contributed by atoms with van der Waals surface area (Å²) in [6.07, 6.45) is 0. The third kappa shape index (κ3) is 4.41. The second kappa shape index (κ2) is 7.40. The van der Waals surface area contributed by atoms with Crippen molar-refractivity contribution < 1.29 is 9.53 Å². The molecule has 0 aliphatic carbocycles. The second-order valence-electron chi connectivity index (χ2n) is 5.98. The summed E-state index contributed by atoms with van der Waals surface area (Å²) in [5, 5.41) is 0. The molecule has 1 saturated heterocycles. The quantitative estimate of drug-likeness (QED) is 0.642. The van der Waals surface area contributed by atoms with Crippen molar-refractivity contribution >= 4 is 5.97 Å². The fraction of sp³-hybridized carbons (Fsp3) is 0.316. The lowest BCUT2D eigenvalue weighted by Gasteiger charge is -2.32. The van der Waals surface area contributed by atoms with E-state index in [1.54, 1.807) is 18.2 Å². The Morgan fingerprint density at radius 1 is 1.00 bits per heavy atom. The lowest BCUT2D eigenvalue weighted by atomic mass is 10.1. The van der Waals surface area contributed by atoms with Crippen molar-refractivity contribution in [1.82, 2.24) is 9.80 Å². The van der Waals surface area contributed by atoms with Crippen molar-refractivity contribution in [3.63, 3.8) is 0 Å². The summed E-state index contributed by atoms with van der Waals surface area (Å²) in [4.78, 5) is 17.0. The Kier molecular flexibility index (Phi) is 5.05. The van der Waals surface area contributed by atoms with Crippen LogP contribution in [0.25, 0.3) is 0 Å². The van der Waals surface area contributed by atoms with E-state index in [-0.39, 0.29) is 5.97 Å². The molecule has 0 atom stereocenters. The van der Waals surface area contributed by atoms with Gasteiger partial charge in [0.2, 0.25) is 0 Å². The van der Waals surface area contributed by atoms with Gasteiger partial charge in [-0.3, -0.25) is 4.90 Å². The fourth-order valence-electron chi connectivity index (χ4n) is 2.72. The van der Waals surface area contributed by atoms with Crippen LogP contribution in [0, 0.1) is 0 Å². The number of ether oxygens (including phenoxy) is 1. The molecule has 0 unspecified atom stereocenters. The van der Waals surface area contributed by atoms with Gasteiger partial charge in [0.25, 0.3) is 0 Å². The molecule has 1 aliphatic rings. The normalized spacial score (nSPS) is 16.2. The first-order valence-corrected chi connectivity index (χ1v) is 7.98. The van der Waals surface area contributed by atoms with E-state index in [1.807, 2.05) is 30.3 Å². The molecule has 1 aliphatic heterocycles. The van der Waals surface area contributed by atoms with Crippen LogP contribution in [-0.4, -0.2) is 49.0 Å². The largest absolute Gasteiger partial charge is 0.423 e. The molecule has 3 rings (SSSR count). The Bertz CT molecular complexity index is 649. The minimum atomic E-state index is -0.309. The number of esters is 1. The van der Waals surface area contributed by atoms with Gasteiger partial charge in [0.1, 0.15) is 5.75 Å². The molecule has 120 valence electrons. The lowest BCUT2D eigenvalue weighted by molar-refractivity contribution is 0.0734. The summed E-state index contributed by atoms with van der Waals surface area (Å²) in [6.45, 7) is 5.19. The van der Waals surface area contributed by atoms with Gasteiger partial charge in [-0.15, -0.1) is 0 Å². The number of piperazine rings is 1. The first-order chi connectivity index (χ1) is 11.2. The average molecular weight is 310 g/mol. The van der Waals surface area contributed by atoms with E-state index in [9.17, 15) is 4.79 Å². The van der Waals surface area contributed by atoms with Crippen LogP contribution in [-0.2, 0) is 6.54 Å².